The standard InChI is InChI=1S/C19H38N4O2/c1-7-8-11-20-18(22-14-16(24)23(5)6)21-13-15-10-9-12-25-17(15)19(2,3)4/h15,17H,7-14H2,1-6H3,(H2,20,21,22). The quantitative estimate of drug-likeness (QED) is 0.418. The van der Waals surface area contributed by atoms with Crippen molar-refractivity contribution in [3.63, 3.8) is 0 Å². The Morgan fingerprint density at radius 1 is 1.28 bits per heavy atom. The number of unbranched alkanes of at least 4 members (excludes halogenated alkanes) is 1. The van der Waals surface area contributed by atoms with Crippen LogP contribution in [0, 0.1) is 11.3 Å². The smallest absolute Gasteiger partial charge is 0.243 e. The monoisotopic (exact) mass is 354 g/mol. The molecule has 2 atom stereocenters. The molecule has 2 unspecified atom stereocenters. The van der Waals surface area contributed by atoms with Crippen LogP contribution in [-0.4, -0.2) is 63.2 Å². The van der Waals surface area contributed by atoms with Crippen LogP contribution in [0.1, 0.15) is 53.4 Å². The Balaban J connectivity index is 2.65. The number of aliphatic imine (C=N–C) groups is 1. The summed E-state index contributed by atoms with van der Waals surface area (Å²) in [5.41, 5.74) is 0.126. The van der Waals surface area contributed by atoms with Crippen LogP contribution in [0.5, 0.6) is 0 Å². The largest absolute Gasteiger partial charge is 0.377 e. The summed E-state index contributed by atoms with van der Waals surface area (Å²) >= 11 is 0. The predicted octanol–water partition coefficient (Wildman–Crippen LogP) is 2.25. The molecule has 0 aromatic carbocycles. The fourth-order valence-corrected chi connectivity index (χ4v) is 3.08. The summed E-state index contributed by atoms with van der Waals surface area (Å²) in [5, 5.41) is 6.77. The normalized spacial score (nSPS) is 21.8. The van der Waals surface area contributed by atoms with Gasteiger partial charge in [0.2, 0.25) is 5.91 Å². The van der Waals surface area contributed by atoms with Gasteiger partial charge in [0.15, 0.2) is 5.96 Å². The van der Waals surface area contributed by atoms with Gasteiger partial charge in [0, 0.05) is 39.7 Å². The van der Waals surface area contributed by atoms with E-state index in [0.717, 1.165) is 51.3 Å². The number of nitrogens with zero attached hydrogens (tertiary/aromatic N) is 2. The molecule has 0 aliphatic carbocycles. The van der Waals surface area contributed by atoms with Crippen molar-refractivity contribution >= 4 is 11.9 Å². The molecule has 25 heavy (non-hydrogen) atoms. The summed E-state index contributed by atoms with van der Waals surface area (Å²) in [6, 6.07) is 0. The van der Waals surface area contributed by atoms with Crippen LogP contribution in [-0.2, 0) is 9.53 Å². The van der Waals surface area contributed by atoms with E-state index < -0.39 is 0 Å². The molecule has 1 saturated heterocycles. The first-order valence-corrected chi connectivity index (χ1v) is 9.59. The highest BCUT2D eigenvalue weighted by Crippen LogP contribution is 2.33. The van der Waals surface area contributed by atoms with Gasteiger partial charge in [0.05, 0.1) is 6.10 Å². The SMILES string of the molecule is CCCCNC(=NCC(=O)N(C)C)NCC1CCCOC1C(C)(C)C. The lowest BCUT2D eigenvalue weighted by Gasteiger charge is -2.40. The fourth-order valence-electron chi connectivity index (χ4n) is 3.08. The minimum absolute atomic E-state index is 0.00478. The Hall–Kier alpha value is -1.30. The van der Waals surface area contributed by atoms with Gasteiger partial charge in [-0.05, 0) is 24.7 Å². The second-order valence-electron chi connectivity index (χ2n) is 8.17. The Labute approximate surface area is 153 Å². The molecular weight excluding hydrogens is 316 g/mol. The number of likely N-dealkylation sites (N-methyl/N-ethyl adjacent to an activating group) is 1. The lowest BCUT2D eigenvalue weighted by atomic mass is 9.78. The lowest BCUT2D eigenvalue weighted by Crippen LogP contribution is -2.47. The molecule has 0 radical (unpaired) electrons. The number of nitrogens with one attached hydrogen (secondary N) is 2. The predicted molar refractivity (Wildman–Crippen MR) is 104 cm³/mol. The molecule has 1 aliphatic rings. The van der Waals surface area contributed by atoms with Crippen LogP contribution in [0.3, 0.4) is 0 Å². The zero-order chi connectivity index (χ0) is 18.9. The van der Waals surface area contributed by atoms with Crippen LogP contribution in [0.15, 0.2) is 4.99 Å². The number of amides is 1. The second-order valence-corrected chi connectivity index (χ2v) is 8.17. The maximum absolute atomic E-state index is 11.8. The van der Waals surface area contributed by atoms with E-state index in [2.05, 4.69) is 43.3 Å². The molecule has 0 aromatic heterocycles. The number of ether oxygens (including phenoxy) is 1. The second kappa shape index (κ2) is 10.6. The molecule has 1 heterocycles. The van der Waals surface area contributed by atoms with Gasteiger partial charge in [-0.1, -0.05) is 34.1 Å². The molecule has 1 rings (SSSR count). The lowest BCUT2D eigenvalue weighted by molar-refractivity contribution is -0.127. The molecular formula is C19H38N4O2. The van der Waals surface area contributed by atoms with Crippen molar-refractivity contribution < 1.29 is 9.53 Å². The van der Waals surface area contributed by atoms with E-state index in [1.807, 2.05) is 0 Å². The minimum Gasteiger partial charge on any atom is -0.377 e. The summed E-state index contributed by atoms with van der Waals surface area (Å²) in [7, 11) is 3.51. The van der Waals surface area contributed by atoms with Gasteiger partial charge >= 0.3 is 0 Å². The van der Waals surface area contributed by atoms with Gasteiger partial charge in [-0.2, -0.15) is 0 Å². The van der Waals surface area contributed by atoms with Crippen molar-refractivity contribution in [1.82, 2.24) is 15.5 Å². The van der Waals surface area contributed by atoms with Gasteiger partial charge in [-0.25, -0.2) is 4.99 Å². The number of hydrogen-bond acceptors (Lipinski definition) is 3. The Kier molecular flexibility index (Phi) is 9.25. The summed E-state index contributed by atoms with van der Waals surface area (Å²) in [6.07, 6.45) is 4.72. The molecule has 146 valence electrons. The highest BCUT2D eigenvalue weighted by Gasteiger charge is 2.35. The van der Waals surface area contributed by atoms with Crippen LogP contribution in [0.2, 0.25) is 0 Å². The van der Waals surface area contributed by atoms with Gasteiger partial charge in [-0.15, -0.1) is 0 Å². The first kappa shape index (κ1) is 21.7. The van der Waals surface area contributed by atoms with Gasteiger partial charge in [-0.3, -0.25) is 4.79 Å². The highest BCUT2D eigenvalue weighted by molar-refractivity contribution is 5.84. The highest BCUT2D eigenvalue weighted by atomic mass is 16.5. The molecule has 1 amide bonds. The Morgan fingerprint density at radius 2 is 2.00 bits per heavy atom. The third kappa shape index (κ3) is 8.08. The number of guanidine groups is 1. The Bertz CT molecular complexity index is 430. The number of carbonyl (C=O) groups excluding carboxylic acids is 1. The number of rotatable bonds is 7. The third-order valence-corrected chi connectivity index (χ3v) is 4.52. The average molecular weight is 355 g/mol. The molecule has 0 aromatic rings. The van der Waals surface area contributed by atoms with Crippen LogP contribution in [0.25, 0.3) is 0 Å². The average Bonchev–Trinajstić information content (AvgIpc) is 2.56. The van der Waals surface area contributed by atoms with E-state index in [9.17, 15) is 4.79 Å². The third-order valence-electron chi connectivity index (χ3n) is 4.52. The molecule has 6 nitrogen and oxygen atoms in total. The molecule has 2 N–H and O–H groups in total. The van der Waals surface area contributed by atoms with Crippen molar-refractivity contribution in [3.8, 4) is 0 Å². The van der Waals surface area contributed by atoms with Gasteiger partial charge in [0.1, 0.15) is 6.54 Å². The number of carbonyl (C=O) groups is 1. The van der Waals surface area contributed by atoms with Crippen molar-refractivity contribution in [1.29, 1.82) is 0 Å². The van der Waals surface area contributed by atoms with Crippen molar-refractivity contribution in [3.05, 3.63) is 0 Å². The van der Waals surface area contributed by atoms with Crippen molar-refractivity contribution in [2.45, 2.75) is 59.5 Å². The minimum atomic E-state index is 0.00478. The molecule has 0 spiro atoms. The maximum Gasteiger partial charge on any atom is 0.243 e. The first-order chi connectivity index (χ1) is 11.8. The van der Waals surface area contributed by atoms with Crippen molar-refractivity contribution in [2.75, 3.05) is 40.3 Å². The molecule has 1 aliphatic heterocycles. The topological polar surface area (TPSA) is 66.0 Å². The molecule has 0 saturated carbocycles. The summed E-state index contributed by atoms with van der Waals surface area (Å²) in [5.74, 6) is 1.18. The van der Waals surface area contributed by atoms with E-state index in [4.69, 9.17) is 4.74 Å². The molecule has 6 heteroatoms. The van der Waals surface area contributed by atoms with Crippen molar-refractivity contribution in [2.24, 2.45) is 16.3 Å². The summed E-state index contributed by atoms with van der Waals surface area (Å²) in [6.45, 7) is 11.6. The van der Waals surface area contributed by atoms with Gasteiger partial charge < -0.3 is 20.3 Å². The van der Waals surface area contributed by atoms with E-state index in [0.29, 0.717) is 5.92 Å². The first-order valence-electron chi connectivity index (χ1n) is 9.59. The fraction of sp³-hybridized carbons (Fsp3) is 0.895. The number of hydrogen-bond donors (Lipinski definition) is 2. The van der Waals surface area contributed by atoms with E-state index in [-0.39, 0.29) is 24.0 Å². The van der Waals surface area contributed by atoms with E-state index in [1.54, 1.807) is 19.0 Å². The van der Waals surface area contributed by atoms with Gasteiger partial charge in [0.25, 0.3) is 0 Å². The zero-order valence-corrected chi connectivity index (χ0v) is 17.0. The van der Waals surface area contributed by atoms with Crippen LogP contribution >= 0.6 is 0 Å². The Morgan fingerprint density at radius 3 is 2.60 bits per heavy atom. The van der Waals surface area contributed by atoms with Crippen LogP contribution < -0.4 is 10.6 Å². The zero-order valence-electron chi connectivity index (χ0n) is 17.0. The maximum atomic E-state index is 11.8. The molecule has 0 bridgehead atoms. The summed E-state index contributed by atoms with van der Waals surface area (Å²) < 4.78 is 6.05. The van der Waals surface area contributed by atoms with E-state index in [1.165, 1.54) is 0 Å². The van der Waals surface area contributed by atoms with Crippen LogP contribution in [0.4, 0.5) is 0 Å². The summed E-state index contributed by atoms with van der Waals surface area (Å²) in [4.78, 5) is 17.8. The molecule has 1 fully saturated rings. The van der Waals surface area contributed by atoms with E-state index >= 15 is 0 Å².